The molecule has 23 heavy (non-hydrogen) atoms. The van der Waals surface area contributed by atoms with Crippen LogP contribution in [0.2, 0.25) is 0 Å². The Kier molecular flexibility index (Phi) is 5.92. The van der Waals surface area contributed by atoms with Gasteiger partial charge in [0.15, 0.2) is 5.78 Å². The maximum Gasteiger partial charge on any atom is 0.338 e. The minimum atomic E-state index is -0.458. The van der Waals surface area contributed by atoms with Crippen LogP contribution in [0.4, 0.5) is 0 Å². The van der Waals surface area contributed by atoms with Crippen LogP contribution < -0.4 is 4.74 Å². The molecule has 0 radical (unpaired) electrons. The molecule has 2 rings (SSSR count). The number of rotatable bonds is 7. The molecule has 2 aromatic rings. The number of Topliss-reactive ketones (excluding diaryl/α,β-unsaturated/α-hetero) is 1. The Morgan fingerprint density at radius 2 is 1.61 bits per heavy atom. The Labute approximate surface area is 136 Å². The van der Waals surface area contributed by atoms with E-state index in [-0.39, 0.29) is 12.4 Å². The van der Waals surface area contributed by atoms with Gasteiger partial charge in [-0.3, -0.25) is 4.79 Å². The van der Waals surface area contributed by atoms with E-state index in [1.165, 1.54) is 0 Å². The average molecular weight is 312 g/mol. The van der Waals surface area contributed by atoms with E-state index >= 15 is 0 Å². The van der Waals surface area contributed by atoms with E-state index in [0.717, 1.165) is 11.3 Å². The summed E-state index contributed by atoms with van der Waals surface area (Å²) in [6, 6.07) is 14.4. The highest BCUT2D eigenvalue weighted by Gasteiger charge is 2.17. The van der Waals surface area contributed by atoms with Gasteiger partial charge in [0, 0.05) is 12.0 Å². The van der Waals surface area contributed by atoms with E-state index in [4.69, 9.17) is 9.47 Å². The van der Waals surface area contributed by atoms with Crippen molar-refractivity contribution in [3.8, 4) is 5.75 Å². The van der Waals surface area contributed by atoms with Crippen LogP contribution in [-0.4, -0.2) is 25.5 Å². The van der Waals surface area contributed by atoms with E-state index < -0.39 is 5.97 Å². The highest BCUT2D eigenvalue weighted by molar-refractivity contribution is 6.06. The number of esters is 1. The highest BCUT2D eigenvalue weighted by atomic mass is 16.5. The number of carbonyl (C=O) groups excluding carboxylic acids is 2. The molecule has 0 saturated heterocycles. The van der Waals surface area contributed by atoms with E-state index in [1.54, 1.807) is 38.3 Å². The van der Waals surface area contributed by atoms with E-state index in [0.29, 0.717) is 24.0 Å². The topological polar surface area (TPSA) is 52.6 Å². The molecule has 0 aliphatic carbocycles. The standard InChI is InChI=1S/C19H20O4/c1-3-23-19(21)17-7-5-4-6-16(17)18(20)13-10-14-8-11-15(22-2)12-9-14/h4-9,11-12H,3,10,13H2,1-2H3. The van der Waals surface area contributed by atoms with Crippen LogP contribution in [0.25, 0.3) is 0 Å². The third-order valence-electron chi connectivity index (χ3n) is 3.52. The first-order valence-electron chi connectivity index (χ1n) is 7.58. The van der Waals surface area contributed by atoms with Gasteiger partial charge in [-0.15, -0.1) is 0 Å². The Balaban J connectivity index is 2.07. The minimum absolute atomic E-state index is 0.0653. The Morgan fingerprint density at radius 3 is 2.22 bits per heavy atom. The Hall–Kier alpha value is -2.62. The largest absolute Gasteiger partial charge is 0.497 e. The van der Waals surface area contributed by atoms with Crippen LogP contribution in [-0.2, 0) is 11.2 Å². The summed E-state index contributed by atoms with van der Waals surface area (Å²) in [4.78, 5) is 24.4. The number of methoxy groups -OCH3 is 1. The minimum Gasteiger partial charge on any atom is -0.497 e. The monoisotopic (exact) mass is 312 g/mol. The third kappa shape index (κ3) is 4.42. The fourth-order valence-electron chi connectivity index (χ4n) is 2.30. The van der Waals surface area contributed by atoms with Gasteiger partial charge in [0.05, 0.1) is 19.3 Å². The van der Waals surface area contributed by atoms with Gasteiger partial charge in [0.25, 0.3) is 0 Å². The molecular formula is C19H20O4. The molecule has 4 nitrogen and oxygen atoms in total. The number of carbonyl (C=O) groups is 2. The SMILES string of the molecule is CCOC(=O)c1ccccc1C(=O)CCc1ccc(OC)cc1. The van der Waals surface area contributed by atoms with Crippen molar-refractivity contribution in [1.29, 1.82) is 0 Å². The van der Waals surface area contributed by atoms with Crippen LogP contribution in [0.15, 0.2) is 48.5 Å². The molecule has 0 aliphatic rings. The predicted molar refractivity (Wildman–Crippen MR) is 88.0 cm³/mol. The first kappa shape index (κ1) is 16.7. The summed E-state index contributed by atoms with van der Waals surface area (Å²) >= 11 is 0. The van der Waals surface area contributed by atoms with Crippen molar-refractivity contribution in [2.45, 2.75) is 19.8 Å². The molecule has 0 heterocycles. The van der Waals surface area contributed by atoms with Crippen LogP contribution in [0.3, 0.4) is 0 Å². The van der Waals surface area contributed by atoms with Crippen molar-refractivity contribution in [3.05, 3.63) is 65.2 Å². The van der Waals surface area contributed by atoms with Gasteiger partial charge < -0.3 is 9.47 Å². The van der Waals surface area contributed by atoms with E-state index in [1.807, 2.05) is 24.3 Å². The van der Waals surface area contributed by atoms with Crippen molar-refractivity contribution in [1.82, 2.24) is 0 Å². The lowest BCUT2D eigenvalue weighted by Crippen LogP contribution is -2.12. The number of hydrogen-bond donors (Lipinski definition) is 0. The molecule has 0 atom stereocenters. The van der Waals surface area contributed by atoms with Crippen molar-refractivity contribution in [3.63, 3.8) is 0 Å². The third-order valence-corrected chi connectivity index (χ3v) is 3.52. The molecule has 0 N–H and O–H groups in total. The van der Waals surface area contributed by atoms with Gasteiger partial charge in [-0.1, -0.05) is 30.3 Å². The van der Waals surface area contributed by atoms with Crippen molar-refractivity contribution in [2.75, 3.05) is 13.7 Å². The van der Waals surface area contributed by atoms with Crippen LogP contribution >= 0.6 is 0 Å². The summed E-state index contributed by atoms with van der Waals surface area (Å²) in [6.07, 6.45) is 0.947. The summed E-state index contributed by atoms with van der Waals surface area (Å²) in [6.45, 7) is 2.03. The lowest BCUT2D eigenvalue weighted by molar-refractivity contribution is 0.0523. The molecule has 120 valence electrons. The van der Waals surface area contributed by atoms with Crippen LogP contribution in [0, 0.1) is 0 Å². The summed E-state index contributed by atoms with van der Waals surface area (Å²) in [5.74, 6) is 0.262. The van der Waals surface area contributed by atoms with Crippen LogP contribution in [0.5, 0.6) is 5.75 Å². The van der Waals surface area contributed by atoms with Crippen molar-refractivity contribution < 1.29 is 19.1 Å². The average Bonchev–Trinajstić information content (AvgIpc) is 2.60. The van der Waals surface area contributed by atoms with Gasteiger partial charge >= 0.3 is 5.97 Å². The highest BCUT2D eigenvalue weighted by Crippen LogP contribution is 2.16. The van der Waals surface area contributed by atoms with Gasteiger partial charge in [-0.25, -0.2) is 4.79 Å². The zero-order chi connectivity index (χ0) is 16.7. The normalized spacial score (nSPS) is 10.2. The lowest BCUT2D eigenvalue weighted by Gasteiger charge is -2.08. The van der Waals surface area contributed by atoms with E-state index in [9.17, 15) is 9.59 Å². The molecular weight excluding hydrogens is 292 g/mol. The maximum absolute atomic E-state index is 12.4. The zero-order valence-electron chi connectivity index (χ0n) is 13.4. The number of hydrogen-bond acceptors (Lipinski definition) is 4. The lowest BCUT2D eigenvalue weighted by atomic mass is 9.98. The van der Waals surface area contributed by atoms with Crippen molar-refractivity contribution in [2.24, 2.45) is 0 Å². The second-order valence-corrected chi connectivity index (χ2v) is 5.04. The maximum atomic E-state index is 12.4. The second kappa shape index (κ2) is 8.13. The first-order chi connectivity index (χ1) is 11.2. The van der Waals surface area contributed by atoms with Gasteiger partial charge in [0.1, 0.15) is 5.75 Å². The second-order valence-electron chi connectivity index (χ2n) is 5.04. The number of benzene rings is 2. The molecule has 4 heteroatoms. The first-order valence-corrected chi connectivity index (χ1v) is 7.58. The Morgan fingerprint density at radius 1 is 0.957 bits per heavy atom. The fourth-order valence-corrected chi connectivity index (χ4v) is 2.30. The molecule has 0 bridgehead atoms. The molecule has 0 saturated carbocycles. The molecule has 0 aromatic heterocycles. The van der Waals surface area contributed by atoms with Gasteiger partial charge in [-0.2, -0.15) is 0 Å². The molecule has 0 unspecified atom stereocenters. The zero-order valence-corrected chi connectivity index (χ0v) is 13.4. The quantitative estimate of drug-likeness (QED) is 0.578. The summed E-state index contributed by atoms with van der Waals surface area (Å²) in [5.41, 5.74) is 1.79. The molecule has 0 amide bonds. The predicted octanol–water partition coefficient (Wildman–Crippen LogP) is 3.69. The smallest absolute Gasteiger partial charge is 0.338 e. The fraction of sp³-hybridized carbons (Fsp3) is 0.263. The molecule has 0 fully saturated rings. The number of aryl methyl sites for hydroxylation is 1. The van der Waals surface area contributed by atoms with Gasteiger partial charge in [-0.05, 0) is 37.1 Å². The molecule has 2 aromatic carbocycles. The summed E-state index contributed by atoms with van der Waals surface area (Å²) < 4.78 is 10.1. The molecule has 0 aliphatic heterocycles. The van der Waals surface area contributed by atoms with E-state index in [2.05, 4.69) is 0 Å². The molecule has 0 spiro atoms. The number of ketones is 1. The van der Waals surface area contributed by atoms with Gasteiger partial charge in [0.2, 0.25) is 0 Å². The Bertz CT molecular complexity index is 674. The van der Waals surface area contributed by atoms with Crippen LogP contribution in [0.1, 0.15) is 39.6 Å². The van der Waals surface area contributed by atoms with Crippen molar-refractivity contribution >= 4 is 11.8 Å². The number of ether oxygens (including phenoxy) is 2. The summed E-state index contributed by atoms with van der Waals surface area (Å²) in [7, 11) is 1.62. The summed E-state index contributed by atoms with van der Waals surface area (Å²) in [5, 5.41) is 0.